The Labute approximate surface area is 113 Å². The van der Waals surface area contributed by atoms with E-state index in [0.29, 0.717) is 6.07 Å². The van der Waals surface area contributed by atoms with E-state index in [1.54, 1.807) is 13.8 Å². The van der Waals surface area contributed by atoms with Gasteiger partial charge >= 0.3 is 5.97 Å². The van der Waals surface area contributed by atoms with Crippen molar-refractivity contribution in [1.82, 2.24) is 5.32 Å². The maximum Gasteiger partial charge on any atom is 0.303 e. The summed E-state index contributed by atoms with van der Waals surface area (Å²) < 4.78 is 39.2. The molecule has 0 fully saturated rings. The van der Waals surface area contributed by atoms with Crippen LogP contribution in [0.5, 0.6) is 0 Å². The van der Waals surface area contributed by atoms with Gasteiger partial charge in [-0.3, -0.25) is 9.59 Å². The third-order valence-corrected chi connectivity index (χ3v) is 2.70. The van der Waals surface area contributed by atoms with E-state index in [0.717, 1.165) is 6.07 Å². The lowest BCUT2D eigenvalue weighted by atomic mass is 9.97. The largest absolute Gasteiger partial charge is 0.481 e. The molecule has 0 aliphatic carbocycles. The molecular weight excluding hydrogens is 275 g/mol. The summed E-state index contributed by atoms with van der Waals surface area (Å²) in [4.78, 5) is 22.3. The van der Waals surface area contributed by atoms with Crippen molar-refractivity contribution in [3.05, 3.63) is 35.1 Å². The number of carbonyl (C=O) groups excluding carboxylic acids is 1. The molecule has 0 bridgehead atoms. The number of hydrogen-bond acceptors (Lipinski definition) is 2. The highest BCUT2D eigenvalue weighted by molar-refractivity contribution is 5.95. The van der Waals surface area contributed by atoms with E-state index in [1.165, 1.54) is 0 Å². The number of carbonyl (C=O) groups is 2. The molecule has 1 amide bonds. The molecule has 4 nitrogen and oxygen atoms in total. The maximum absolute atomic E-state index is 13.4. The van der Waals surface area contributed by atoms with Crippen LogP contribution < -0.4 is 5.32 Å². The summed E-state index contributed by atoms with van der Waals surface area (Å²) in [5.74, 6) is -6.65. The fourth-order valence-corrected chi connectivity index (χ4v) is 1.56. The molecule has 1 rings (SSSR count). The van der Waals surface area contributed by atoms with Gasteiger partial charge in [0.15, 0.2) is 17.5 Å². The molecule has 0 aliphatic heterocycles. The van der Waals surface area contributed by atoms with Gasteiger partial charge in [0.1, 0.15) is 0 Å². The summed E-state index contributed by atoms with van der Waals surface area (Å²) >= 11 is 0. The summed E-state index contributed by atoms with van der Waals surface area (Å²) in [6.45, 7) is 3.09. The molecule has 0 saturated heterocycles. The van der Waals surface area contributed by atoms with Crippen LogP contribution in [0.2, 0.25) is 0 Å². The first-order valence-corrected chi connectivity index (χ1v) is 5.82. The van der Waals surface area contributed by atoms with Gasteiger partial charge in [-0.2, -0.15) is 0 Å². The molecule has 0 heterocycles. The topological polar surface area (TPSA) is 66.4 Å². The lowest BCUT2D eigenvalue weighted by molar-refractivity contribution is -0.137. The standard InChI is InChI=1S/C13H14F3NO3/c1-13(2,6-5-9(18)19)17-12(20)7-3-4-8(14)11(16)10(7)15/h3-4H,5-6H2,1-2H3,(H,17,20)(H,18,19). The zero-order valence-electron chi connectivity index (χ0n) is 11.0. The molecule has 0 radical (unpaired) electrons. The van der Waals surface area contributed by atoms with Crippen LogP contribution in [0.4, 0.5) is 13.2 Å². The normalized spacial score (nSPS) is 11.2. The van der Waals surface area contributed by atoms with Crippen LogP contribution in [0.15, 0.2) is 12.1 Å². The van der Waals surface area contributed by atoms with Crippen molar-refractivity contribution >= 4 is 11.9 Å². The van der Waals surface area contributed by atoms with E-state index < -0.39 is 40.4 Å². The number of aliphatic carboxylic acids is 1. The SMILES string of the molecule is CC(C)(CCC(=O)O)NC(=O)c1ccc(F)c(F)c1F. The number of carboxylic acids is 1. The number of amides is 1. The molecule has 7 heteroatoms. The van der Waals surface area contributed by atoms with E-state index in [1.807, 2.05) is 0 Å². The minimum atomic E-state index is -1.72. The number of carboxylic acid groups (broad SMARTS) is 1. The first-order valence-electron chi connectivity index (χ1n) is 5.82. The van der Waals surface area contributed by atoms with Crippen LogP contribution in [0.3, 0.4) is 0 Å². The third kappa shape index (κ3) is 3.97. The molecular formula is C13H14F3NO3. The Bertz CT molecular complexity index is 544. The summed E-state index contributed by atoms with van der Waals surface area (Å²) in [7, 11) is 0. The van der Waals surface area contributed by atoms with Gasteiger partial charge in [-0.1, -0.05) is 0 Å². The smallest absolute Gasteiger partial charge is 0.303 e. The zero-order chi connectivity index (χ0) is 15.5. The zero-order valence-corrected chi connectivity index (χ0v) is 11.0. The minimum Gasteiger partial charge on any atom is -0.481 e. The van der Waals surface area contributed by atoms with E-state index in [4.69, 9.17) is 5.11 Å². The minimum absolute atomic E-state index is 0.110. The van der Waals surface area contributed by atoms with Crippen molar-refractivity contribution in [2.45, 2.75) is 32.2 Å². The predicted molar refractivity (Wildman–Crippen MR) is 64.7 cm³/mol. The van der Waals surface area contributed by atoms with Crippen LogP contribution in [0.25, 0.3) is 0 Å². The Morgan fingerprint density at radius 1 is 1.20 bits per heavy atom. The molecule has 1 aromatic carbocycles. The molecule has 0 aliphatic rings. The van der Waals surface area contributed by atoms with Crippen LogP contribution >= 0.6 is 0 Å². The molecule has 0 saturated carbocycles. The quantitative estimate of drug-likeness (QED) is 0.818. The fourth-order valence-electron chi connectivity index (χ4n) is 1.56. The number of nitrogens with one attached hydrogen (secondary N) is 1. The lowest BCUT2D eigenvalue weighted by Crippen LogP contribution is -2.44. The molecule has 2 N–H and O–H groups in total. The molecule has 110 valence electrons. The maximum atomic E-state index is 13.4. The van der Waals surface area contributed by atoms with Crippen LogP contribution in [-0.2, 0) is 4.79 Å². The molecule has 20 heavy (non-hydrogen) atoms. The van der Waals surface area contributed by atoms with Crippen molar-refractivity contribution < 1.29 is 27.9 Å². The Morgan fingerprint density at radius 3 is 2.35 bits per heavy atom. The number of rotatable bonds is 5. The number of benzene rings is 1. The van der Waals surface area contributed by atoms with Gasteiger partial charge in [0.2, 0.25) is 0 Å². The fraction of sp³-hybridized carbons (Fsp3) is 0.385. The van der Waals surface area contributed by atoms with E-state index >= 15 is 0 Å². The average Bonchev–Trinajstić information content (AvgIpc) is 2.33. The Kier molecular flexibility index (Phi) is 4.75. The van der Waals surface area contributed by atoms with Gasteiger partial charge in [-0.05, 0) is 32.4 Å². The first kappa shape index (κ1) is 16.0. The highest BCUT2D eigenvalue weighted by Crippen LogP contribution is 2.17. The van der Waals surface area contributed by atoms with E-state index in [2.05, 4.69) is 5.32 Å². The van der Waals surface area contributed by atoms with E-state index in [9.17, 15) is 22.8 Å². The third-order valence-electron chi connectivity index (χ3n) is 2.70. The van der Waals surface area contributed by atoms with Gasteiger partial charge in [0.05, 0.1) is 5.56 Å². The van der Waals surface area contributed by atoms with Crippen LogP contribution in [-0.4, -0.2) is 22.5 Å². The van der Waals surface area contributed by atoms with Crippen molar-refractivity contribution in [2.24, 2.45) is 0 Å². The van der Waals surface area contributed by atoms with Crippen LogP contribution in [0, 0.1) is 17.5 Å². The van der Waals surface area contributed by atoms with Gasteiger partial charge in [0, 0.05) is 12.0 Å². The van der Waals surface area contributed by atoms with Gasteiger partial charge < -0.3 is 10.4 Å². The molecule has 0 atom stereocenters. The molecule has 0 unspecified atom stereocenters. The second-order valence-electron chi connectivity index (χ2n) is 4.95. The summed E-state index contributed by atoms with van der Waals surface area (Å²) in [6, 6.07) is 1.48. The Balaban J connectivity index is 2.86. The van der Waals surface area contributed by atoms with Gasteiger partial charge in [0.25, 0.3) is 5.91 Å². The summed E-state index contributed by atoms with van der Waals surface area (Å²) in [5.41, 5.74) is -1.56. The monoisotopic (exact) mass is 289 g/mol. The van der Waals surface area contributed by atoms with Crippen molar-refractivity contribution in [2.75, 3.05) is 0 Å². The second-order valence-corrected chi connectivity index (χ2v) is 4.95. The van der Waals surface area contributed by atoms with Crippen molar-refractivity contribution in [3.63, 3.8) is 0 Å². The van der Waals surface area contributed by atoms with Crippen molar-refractivity contribution in [3.8, 4) is 0 Å². The number of hydrogen-bond donors (Lipinski definition) is 2. The Morgan fingerprint density at radius 2 is 1.80 bits per heavy atom. The molecule has 0 spiro atoms. The van der Waals surface area contributed by atoms with E-state index in [-0.39, 0.29) is 12.8 Å². The molecule has 0 aromatic heterocycles. The highest BCUT2D eigenvalue weighted by atomic mass is 19.2. The molecule has 1 aromatic rings. The lowest BCUT2D eigenvalue weighted by Gasteiger charge is -2.25. The van der Waals surface area contributed by atoms with Crippen LogP contribution in [0.1, 0.15) is 37.0 Å². The second kappa shape index (κ2) is 5.94. The first-order chi connectivity index (χ1) is 9.14. The Hall–Kier alpha value is -2.05. The summed E-state index contributed by atoms with van der Waals surface area (Å²) in [5, 5.41) is 11.0. The van der Waals surface area contributed by atoms with Gasteiger partial charge in [-0.15, -0.1) is 0 Å². The van der Waals surface area contributed by atoms with Gasteiger partial charge in [-0.25, -0.2) is 13.2 Å². The number of halogens is 3. The summed E-state index contributed by atoms with van der Waals surface area (Å²) in [6.07, 6.45) is -0.0765. The average molecular weight is 289 g/mol. The predicted octanol–water partition coefficient (Wildman–Crippen LogP) is 2.48. The van der Waals surface area contributed by atoms with Crippen molar-refractivity contribution in [1.29, 1.82) is 0 Å². The highest BCUT2D eigenvalue weighted by Gasteiger charge is 2.25.